The summed E-state index contributed by atoms with van der Waals surface area (Å²) in [5, 5.41) is 9.58. The standard InChI is InChI=1S/C6H11BrO/c1-6(8)4-2-3-5-7/h8H,1-5H2. The summed E-state index contributed by atoms with van der Waals surface area (Å²) < 4.78 is 0. The molecule has 0 rings (SSSR count). The number of aliphatic hydroxyl groups is 1. The molecule has 0 amide bonds. The second-order valence-electron chi connectivity index (χ2n) is 1.71. The van der Waals surface area contributed by atoms with E-state index in [1.165, 1.54) is 0 Å². The maximum atomic E-state index is 8.57. The van der Waals surface area contributed by atoms with Crippen LogP contribution in [-0.2, 0) is 0 Å². The Kier molecular flexibility index (Phi) is 5.18. The molecule has 1 nitrogen and oxygen atoms in total. The van der Waals surface area contributed by atoms with Gasteiger partial charge in [-0.05, 0) is 12.8 Å². The summed E-state index contributed by atoms with van der Waals surface area (Å²) in [6.45, 7) is 3.37. The molecule has 2 heteroatoms. The Balaban J connectivity index is 2.82. The fraction of sp³-hybridized carbons (Fsp3) is 0.667. The summed E-state index contributed by atoms with van der Waals surface area (Å²) in [6, 6.07) is 0. The van der Waals surface area contributed by atoms with E-state index < -0.39 is 0 Å². The topological polar surface area (TPSA) is 20.2 Å². The third-order valence-corrected chi connectivity index (χ3v) is 1.41. The molecule has 1 N–H and O–H groups in total. The van der Waals surface area contributed by atoms with Gasteiger partial charge in [0.05, 0.1) is 5.76 Å². The van der Waals surface area contributed by atoms with Crippen molar-refractivity contribution < 1.29 is 5.11 Å². The van der Waals surface area contributed by atoms with E-state index in [1.54, 1.807) is 0 Å². The molecule has 0 aliphatic heterocycles. The summed E-state index contributed by atoms with van der Waals surface area (Å²) in [6.07, 6.45) is 2.88. The average molecular weight is 179 g/mol. The van der Waals surface area contributed by atoms with Gasteiger partial charge in [-0.1, -0.05) is 22.5 Å². The number of allylic oxidation sites excluding steroid dienone is 1. The van der Waals surface area contributed by atoms with E-state index in [0.29, 0.717) is 5.76 Å². The minimum atomic E-state index is 0.297. The van der Waals surface area contributed by atoms with Crippen molar-refractivity contribution in [1.82, 2.24) is 0 Å². The Bertz CT molecular complexity index is 70.9. The van der Waals surface area contributed by atoms with Gasteiger partial charge in [-0.25, -0.2) is 0 Å². The van der Waals surface area contributed by atoms with Crippen molar-refractivity contribution in [3.63, 3.8) is 0 Å². The molecular formula is C6H11BrO. The van der Waals surface area contributed by atoms with Crippen LogP contribution in [0.15, 0.2) is 12.3 Å². The van der Waals surface area contributed by atoms with Crippen LogP contribution >= 0.6 is 15.9 Å². The Labute approximate surface area is 58.5 Å². The van der Waals surface area contributed by atoms with Crippen LogP contribution < -0.4 is 0 Å². The molecule has 0 bridgehead atoms. The SMILES string of the molecule is C=C(O)CCCCBr. The largest absolute Gasteiger partial charge is 0.513 e. The van der Waals surface area contributed by atoms with Crippen LogP contribution in [0.3, 0.4) is 0 Å². The highest BCUT2D eigenvalue weighted by Gasteiger charge is 1.87. The van der Waals surface area contributed by atoms with Gasteiger partial charge in [0, 0.05) is 11.8 Å². The number of hydrogen-bond acceptors (Lipinski definition) is 1. The molecule has 0 saturated heterocycles. The van der Waals surface area contributed by atoms with Crippen LogP contribution in [0.4, 0.5) is 0 Å². The van der Waals surface area contributed by atoms with Gasteiger partial charge in [0.1, 0.15) is 0 Å². The Morgan fingerprint density at radius 3 is 2.50 bits per heavy atom. The minimum absolute atomic E-state index is 0.297. The van der Waals surface area contributed by atoms with Crippen LogP contribution in [0.25, 0.3) is 0 Å². The van der Waals surface area contributed by atoms with Crippen molar-refractivity contribution in [3.8, 4) is 0 Å². The zero-order valence-electron chi connectivity index (χ0n) is 4.86. The monoisotopic (exact) mass is 178 g/mol. The molecule has 0 aliphatic rings. The number of aliphatic hydroxyl groups excluding tert-OH is 1. The molecule has 0 spiro atoms. The van der Waals surface area contributed by atoms with Crippen LogP contribution in [0.1, 0.15) is 19.3 Å². The van der Waals surface area contributed by atoms with E-state index in [4.69, 9.17) is 5.11 Å². The maximum absolute atomic E-state index is 8.57. The molecule has 8 heavy (non-hydrogen) atoms. The lowest BCUT2D eigenvalue weighted by Gasteiger charge is -1.93. The molecule has 0 radical (unpaired) electrons. The zero-order valence-corrected chi connectivity index (χ0v) is 6.45. The van der Waals surface area contributed by atoms with E-state index in [-0.39, 0.29) is 0 Å². The first-order chi connectivity index (χ1) is 3.77. The van der Waals surface area contributed by atoms with Crippen molar-refractivity contribution in [1.29, 1.82) is 0 Å². The number of unbranched alkanes of at least 4 members (excludes halogenated alkanes) is 1. The molecule has 0 heterocycles. The van der Waals surface area contributed by atoms with Gasteiger partial charge in [0.15, 0.2) is 0 Å². The smallest absolute Gasteiger partial charge is 0.0851 e. The van der Waals surface area contributed by atoms with E-state index in [0.717, 1.165) is 24.6 Å². The zero-order chi connectivity index (χ0) is 6.41. The van der Waals surface area contributed by atoms with Gasteiger partial charge in [-0.2, -0.15) is 0 Å². The molecule has 0 aromatic heterocycles. The lowest BCUT2D eigenvalue weighted by atomic mass is 10.2. The van der Waals surface area contributed by atoms with Crippen molar-refractivity contribution >= 4 is 15.9 Å². The average Bonchev–Trinajstić information content (AvgIpc) is 1.66. The fourth-order valence-corrected chi connectivity index (χ4v) is 0.820. The van der Waals surface area contributed by atoms with Crippen molar-refractivity contribution in [2.75, 3.05) is 5.33 Å². The predicted molar refractivity (Wildman–Crippen MR) is 39.4 cm³/mol. The van der Waals surface area contributed by atoms with E-state index in [2.05, 4.69) is 22.5 Å². The van der Waals surface area contributed by atoms with Gasteiger partial charge in [0.2, 0.25) is 0 Å². The fourth-order valence-electron chi connectivity index (χ4n) is 0.424. The lowest BCUT2D eigenvalue weighted by Crippen LogP contribution is -1.79. The highest BCUT2D eigenvalue weighted by molar-refractivity contribution is 9.09. The lowest BCUT2D eigenvalue weighted by molar-refractivity contribution is 0.386. The number of rotatable bonds is 4. The Hall–Kier alpha value is 0.0200. The minimum Gasteiger partial charge on any atom is -0.513 e. The van der Waals surface area contributed by atoms with E-state index in [1.807, 2.05) is 0 Å². The molecule has 48 valence electrons. The van der Waals surface area contributed by atoms with E-state index >= 15 is 0 Å². The molecule has 0 atom stereocenters. The Morgan fingerprint density at radius 2 is 2.12 bits per heavy atom. The first-order valence-electron chi connectivity index (χ1n) is 2.70. The second-order valence-corrected chi connectivity index (χ2v) is 2.51. The van der Waals surface area contributed by atoms with Gasteiger partial charge in [-0.15, -0.1) is 0 Å². The number of alkyl halides is 1. The first-order valence-corrected chi connectivity index (χ1v) is 3.82. The molecule has 0 fully saturated rings. The summed E-state index contributed by atoms with van der Waals surface area (Å²) in [5.41, 5.74) is 0. The molecule has 0 aliphatic carbocycles. The van der Waals surface area contributed by atoms with Gasteiger partial charge < -0.3 is 5.11 Å². The second kappa shape index (κ2) is 5.16. The van der Waals surface area contributed by atoms with Crippen LogP contribution in [-0.4, -0.2) is 10.4 Å². The van der Waals surface area contributed by atoms with Crippen molar-refractivity contribution in [2.24, 2.45) is 0 Å². The van der Waals surface area contributed by atoms with Gasteiger partial charge >= 0.3 is 0 Å². The van der Waals surface area contributed by atoms with Gasteiger partial charge in [0.25, 0.3) is 0 Å². The molecular weight excluding hydrogens is 168 g/mol. The summed E-state index contributed by atoms with van der Waals surface area (Å²) in [4.78, 5) is 0. The van der Waals surface area contributed by atoms with Crippen LogP contribution in [0.5, 0.6) is 0 Å². The molecule has 0 aromatic rings. The van der Waals surface area contributed by atoms with Gasteiger partial charge in [-0.3, -0.25) is 0 Å². The molecule has 0 aromatic carbocycles. The molecule has 0 unspecified atom stereocenters. The third kappa shape index (κ3) is 6.02. The normalized spacial score (nSPS) is 9.12. The summed E-state index contributed by atoms with van der Waals surface area (Å²) in [5.74, 6) is 0.297. The summed E-state index contributed by atoms with van der Waals surface area (Å²) >= 11 is 3.29. The third-order valence-electron chi connectivity index (χ3n) is 0.849. The van der Waals surface area contributed by atoms with E-state index in [9.17, 15) is 0 Å². The Morgan fingerprint density at radius 1 is 1.50 bits per heavy atom. The first kappa shape index (κ1) is 8.02. The number of halogens is 1. The van der Waals surface area contributed by atoms with Crippen LogP contribution in [0, 0.1) is 0 Å². The van der Waals surface area contributed by atoms with Crippen molar-refractivity contribution in [3.05, 3.63) is 12.3 Å². The molecule has 0 saturated carbocycles. The summed E-state index contributed by atoms with van der Waals surface area (Å²) in [7, 11) is 0. The predicted octanol–water partition coefficient (Wildman–Crippen LogP) is 2.62. The highest BCUT2D eigenvalue weighted by Crippen LogP contribution is 2.02. The highest BCUT2D eigenvalue weighted by atomic mass is 79.9. The maximum Gasteiger partial charge on any atom is 0.0851 e. The van der Waals surface area contributed by atoms with Crippen molar-refractivity contribution in [2.45, 2.75) is 19.3 Å². The van der Waals surface area contributed by atoms with Crippen LogP contribution in [0.2, 0.25) is 0 Å². The number of hydrogen-bond donors (Lipinski definition) is 1. The quantitative estimate of drug-likeness (QED) is 0.399.